The zero-order valence-electron chi connectivity index (χ0n) is 11.1. The van der Waals surface area contributed by atoms with Crippen molar-refractivity contribution in [1.82, 2.24) is 0 Å². The molecule has 0 saturated carbocycles. The van der Waals surface area contributed by atoms with Crippen molar-refractivity contribution in [2.45, 2.75) is 6.92 Å². The van der Waals surface area contributed by atoms with E-state index in [1.165, 1.54) is 7.11 Å². The Morgan fingerprint density at radius 3 is 2.45 bits per heavy atom. The zero-order valence-corrected chi connectivity index (χ0v) is 11.9. The molecule has 0 atom stereocenters. The predicted octanol–water partition coefficient (Wildman–Crippen LogP) is 3.81. The summed E-state index contributed by atoms with van der Waals surface area (Å²) in [5, 5.41) is 0.671. The van der Waals surface area contributed by atoms with E-state index in [1.807, 2.05) is 13.0 Å². The Labute approximate surface area is 122 Å². The summed E-state index contributed by atoms with van der Waals surface area (Å²) in [6.45, 7) is 1.89. The average molecular weight is 292 g/mol. The smallest absolute Gasteiger partial charge is 0.340 e. The van der Waals surface area contributed by atoms with Crippen molar-refractivity contribution in [3.8, 4) is 11.5 Å². The molecule has 0 unspecified atom stereocenters. The Bertz CT molecular complexity index is 656. The van der Waals surface area contributed by atoms with Gasteiger partial charge < -0.3 is 15.2 Å². The number of anilines is 1. The van der Waals surface area contributed by atoms with E-state index in [1.54, 1.807) is 30.3 Å². The Morgan fingerprint density at radius 1 is 1.15 bits per heavy atom. The number of ether oxygens (including phenoxy) is 2. The SMILES string of the molecule is COC(=O)c1cc(Oc2ccc(Cl)c(C)c2)ccc1N. The maximum atomic E-state index is 11.6. The Morgan fingerprint density at radius 2 is 1.80 bits per heavy atom. The number of aryl methyl sites for hydroxylation is 1. The summed E-state index contributed by atoms with van der Waals surface area (Å²) in [6.07, 6.45) is 0. The third-order valence-electron chi connectivity index (χ3n) is 2.80. The van der Waals surface area contributed by atoms with Crippen LogP contribution < -0.4 is 10.5 Å². The minimum Gasteiger partial charge on any atom is -0.465 e. The molecule has 5 heteroatoms. The lowest BCUT2D eigenvalue weighted by atomic mass is 10.1. The highest BCUT2D eigenvalue weighted by Gasteiger charge is 2.11. The molecule has 0 fully saturated rings. The van der Waals surface area contributed by atoms with Crippen molar-refractivity contribution in [2.75, 3.05) is 12.8 Å². The molecule has 2 aromatic carbocycles. The van der Waals surface area contributed by atoms with E-state index >= 15 is 0 Å². The van der Waals surface area contributed by atoms with Crippen molar-refractivity contribution in [2.24, 2.45) is 0 Å². The number of hydrogen-bond donors (Lipinski definition) is 1. The number of methoxy groups -OCH3 is 1. The van der Waals surface area contributed by atoms with Crippen LogP contribution in [0.2, 0.25) is 5.02 Å². The lowest BCUT2D eigenvalue weighted by molar-refractivity contribution is 0.0601. The maximum Gasteiger partial charge on any atom is 0.340 e. The first-order valence-electron chi connectivity index (χ1n) is 5.93. The van der Waals surface area contributed by atoms with Crippen LogP contribution in [0.5, 0.6) is 11.5 Å². The number of halogens is 1. The molecule has 0 spiro atoms. The second kappa shape index (κ2) is 5.84. The zero-order chi connectivity index (χ0) is 14.7. The minimum absolute atomic E-state index is 0.274. The fraction of sp³-hybridized carbons (Fsp3) is 0.133. The van der Waals surface area contributed by atoms with Gasteiger partial charge in [-0.15, -0.1) is 0 Å². The van der Waals surface area contributed by atoms with Crippen LogP contribution in [-0.2, 0) is 4.74 Å². The van der Waals surface area contributed by atoms with Crippen LogP contribution in [0.1, 0.15) is 15.9 Å². The van der Waals surface area contributed by atoms with E-state index in [2.05, 4.69) is 4.74 Å². The highest BCUT2D eigenvalue weighted by Crippen LogP contribution is 2.28. The summed E-state index contributed by atoms with van der Waals surface area (Å²) < 4.78 is 10.3. The van der Waals surface area contributed by atoms with Crippen molar-refractivity contribution in [3.05, 3.63) is 52.5 Å². The van der Waals surface area contributed by atoms with Crippen molar-refractivity contribution < 1.29 is 14.3 Å². The minimum atomic E-state index is -0.500. The van der Waals surface area contributed by atoms with Crippen LogP contribution >= 0.6 is 11.6 Å². The van der Waals surface area contributed by atoms with Crippen LogP contribution in [0.3, 0.4) is 0 Å². The third-order valence-corrected chi connectivity index (χ3v) is 3.22. The van der Waals surface area contributed by atoms with Gasteiger partial charge in [0.05, 0.1) is 12.7 Å². The Balaban J connectivity index is 2.29. The molecule has 20 heavy (non-hydrogen) atoms. The second-order valence-electron chi connectivity index (χ2n) is 4.25. The summed E-state index contributed by atoms with van der Waals surface area (Å²) in [5.74, 6) is 0.633. The molecule has 104 valence electrons. The van der Waals surface area contributed by atoms with Crippen LogP contribution in [0, 0.1) is 6.92 Å². The van der Waals surface area contributed by atoms with Gasteiger partial charge in [0, 0.05) is 10.7 Å². The molecule has 0 aliphatic carbocycles. The normalized spacial score (nSPS) is 10.2. The van der Waals surface area contributed by atoms with Crippen LogP contribution in [0.4, 0.5) is 5.69 Å². The topological polar surface area (TPSA) is 61.5 Å². The first-order valence-corrected chi connectivity index (χ1v) is 6.31. The standard InChI is InChI=1S/C15H14ClNO3/c1-9-7-10(3-5-13(9)16)20-11-4-6-14(17)12(8-11)15(18)19-2/h3-8H,17H2,1-2H3. The van der Waals surface area contributed by atoms with E-state index in [0.717, 1.165) is 5.56 Å². The molecule has 2 rings (SSSR count). The van der Waals surface area contributed by atoms with Gasteiger partial charge in [-0.1, -0.05) is 11.6 Å². The number of carbonyl (C=O) groups is 1. The summed E-state index contributed by atoms with van der Waals surface area (Å²) in [6, 6.07) is 10.2. The Hall–Kier alpha value is -2.20. The lowest BCUT2D eigenvalue weighted by Gasteiger charge is -2.10. The van der Waals surface area contributed by atoms with Gasteiger partial charge in [-0.05, 0) is 48.9 Å². The van der Waals surface area contributed by atoms with Crippen molar-refractivity contribution in [1.29, 1.82) is 0 Å². The van der Waals surface area contributed by atoms with Crippen molar-refractivity contribution >= 4 is 23.3 Å². The number of esters is 1. The fourth-order valence-corrected chi connectivity index (χ4v) is 1.82. The van der Waals surface area contributed by atoms with Crippen LogP contribution in [-0.4, -0.2) is 13.1 Å². The third kappa shape index (κ3) is 3.03. The van der Waals surface area contributed by atoms with Crippen LogP contribution in [0.15, 0.2) is 36.4 Å². The number of hydrogen-bond acceptors (Lipinski definition) is 4. The summed E-state index contributed by atoms with van der Waals surface area (Å²) in [5.41, 5.74) is 7.26. The van der Waals surface area contributed by atoms with Gasteiger partial charge in [-0.3, -0.25) is 0 Å². The van der Waals surface area contributed by atoms with Gasteiger partial charge in [-0.2, -0.15) is 0 Å². The summed E-state index contributed by atoms with van der Waals surface area (Å²) in [7, 11) is 1.30. The molecule has 0 heterocycles. The van der Waals surface area contributed by atoms with E-state index in [9.17, 15) is 4.79 Å². The van der Waals surface area contributed by atoms with Gasteiger partial charge in [0.15, 0.2) is 0 Å². The molecular formula is C15H14ClNO3. The monoisotopic (exact) mass is 291 g/mol. The largest absolute Gasteiger partial charge is 0.465 e. The number of nitrogens with two attached hydrogens (primary N) is 1. The van der Waals surface area contributed by atoms with Gasteiger partial charge >= 0.3 is 5.97 Å². The van der Waals surface area contributed by atoms with E-state index < -0.39 is 5.97 Å². The van der Waals surface area contributed by atoms with Crippen LogP contribution in [0.25, 0.3) is 0 Å². The molecule has 0 aliphatic heterocycles. The summed E-state index contributed by atoms with van der Waals surface area (Å²) >= 11 is 5.96. The fourth-order valence-electron chi connectivity index (χ4n) is 1.70. The molecule has 0 saturated heterocycles. The molecule has 0 aliphatic rings. The highest BCUT2D eigenvalue weighted by atomic mass is 35.5. The quantitative estimate of drug-likeness (QED) is 0.690. The van der Waals surface area contributed by atoms with Gasteiger partial charge in [0.2, 0.25) is 0 Å². The van der Waals surface area contributed by atoms with Gasteiger partial charge in [-0.25, -0.2) is 4.79 Å². The predicted molar refractivity (Wildman–Crippen MR) is 78.5 cm³/mol. The van der Waals surface area contributed by atoms with E-state index in [0.29, 0.717) is 22.2 Å². The van der Waals surface area contributed by atoms with Gasteiger partial charge in [0.25, 0.3) is 0 Å². The van der Waals surface area contributed by atoms with Gasteiger partial charge in [0.1, 0.15) is 11.5 Å². The second-order valence-corrected chi connectivity index (χ2v) is 4.66. The van der Waals surface area contributed by atoms with Crippen molar-refractivity contribution in [3.63, 3.8) is 0 Å². The molecule has 0 bridgehead atoms. The molecule has 0 amide bonds. The molecule has 4 nitrogen and oxygen atoms in total. The molecule has 0 radical (unpaired) electrons. The molecule has 2 N–H and O–H groups in total. The summed E-state index contributed by atoms with van der Waals surface area (Å²) in [4.78, 5) is 11.6. The highest BCUT2D eigenvalue weighted by molar-refractivity contribution is 6.31. The first kappa shape index (κ1) is 14.2. The number of carbonyl (C=O) groups excluding carboxylic acids is 1. The maximum absolute atomic E-state index is 11.6. The van der Waals surface area contributed by atoms with E-state index in [-0.39, 0.29) is 5.56 Å². The van der Waals surface area contributed by atoms with E-state index in [4.69, 9.17) is 22.1 Å². The molecule has 2 aromatic rings. The first-order chi connectivity index (χ1) is 9.51. The molecular weight excluding hydrogens is 278 g/mol. The number of benzene rings is 2. The Kier molecular flexibility index (Phi) is 4.15. The average Bonchev–Trinajstić information content (AvgIpc) is 2.44. The molecule has 0 aromatic heterocycles. The number of rotatable bonds is 3. The lowest BCUT2D eigenvalue weighted by Crippen LogP contribution is -2.05. The number of nitrogen functional groups attached to an aromatic ring is 1.